The van der Waals surface area contributed by atoms with Gasteiger partial charge in [-0.15, -0.1) is 0 Å². The van der Waals surface area contributed by atoms with Crippen molar-refractivity contribution in [2.24, 2.45) is 0 Å². The van der Waals surface area contributed by atoms with E-state index in [0.29, 0.717) is 11.1 Å². The van der Waals surface area contributed by atoms with Gasteiger partial charge in [0.05, 0.1) is 11.1 Å². The molecule has 0 spiro atoms. The van der Waals surface area contributed by atoms with E-state index in [-0.39, 0.29) is 40.9 Å². The van der Waals surface area contributed by atoms with Gasteiger partial charge in [0.25, 0.3) is 0 Å². The molecule has 0 radical (unpaired) electrons. The second-order valence-corrected chi connectivity index (χ2v) is 9.12. The molecule has 7 N–H and O–H groups in total. The molecule has 0 bridgehead atoms. The highest BCUT2D eigenvalue weighted by Crippen LogP contribution is 2.36. The number of aromatic hydroxyl groups is 6. The van der Waals surface area contributed by atoms with E-state index < -0.39 is 52.2 Å². The lowest BCUT2D eigenvalue weighted by Crippen LogP contribution is -2.21. The molecule has 0 aliphatic heterocycles. The molecular weight excluding hydrogens is 552 g/mol. The average Bonchev–Trinajstić information content (AvgIpc) is 2.92. The molecule has 0 saturated heterocycles. The van der Waals surface area contributed by atoms with Gasteiger partial charge in [-0.1, -0.05) is 24.3 Å². The summed E-state index contributed by atoms with van der Waals surface area (Å²) in [5.41, 5.74) is -2.30. The maximum Gasteiger partial charge on any atom is 0.343 e. The first-order valence-corrected chi connectivity index (χ1v) is 12.3. The van der Waals surface area contributed by atoms with Crippen molar-refractivity contribution in [2.75, 3.05) is 0 Å². The topological polar surface area (TPSA) is 219 Å². The third kappa shape index (κ3) is 6.62. The lowest BCUT2D eigenvalue weighted by atomic mass is 9.88. The van der Waals surface area contributed by atoms with Gasteiger partial charge in [0.2, 0.25) is 0 Å². The first-order valence-electron chi connectivity index (χ1n) is 12.3. The SMILES string of the molecule is O=C(O)CCC(c1c(O)cc(/C=C/c2ccc(O)c(O)c2)oc1=O)c1c(O)cc(/C=C/c2ccc(O)c(O)c2)oc1=O. The van der Waals surface area contributed by atoms with Crippen LogP contribution in [0.5, 0.6) is 34.5 Å². The van der Waals surface area contributed by atoms with E-state index in [1.807, 2.05) is 0 Å². The Balaban J connectivity index is 1.71. The number of benzene rings is 2. The van der Waals surface area contributed by atoms with Gasteiger partial charge in [0.15, 0.2) is 23.0 Å². The van der Waals surface area contributed by atoms with E-state index in [1.54, 1.807) is 0 Å². The molecule has 2 aromatic carbocycles. The minimum absolute atomic E-state index is 0.122. The molecule has 4 rings (SSSR count). The van der Waals surface area contributed by atoms with E-state index >= 15 is 0 Å². The van der Waals surface area contributed by atoms with E-state index in [0.717, 1.165) is 12.1 Å². The third-order valence-corrected chi connectivity index (χ3v) is 6.19. The Hall–Kier alpha value is -5.91. The van der Waals surface area contributed by atoms with Crippen LogP contribution in [0.2, 0.25) is 0 Å². The Morgan fingerprint density at radius 3 is 1.40 bits per heavy atom. The molecule has 42 heavy (non-hydrogen) atoms. The first-order chi connectivity index (χ1) is 19.9. The molecule has 0 unspecified atom stereocenters. The zero-order valence-corrected chi connectivity index (χ0v) is 21.6. The summed E-state index contributed by atoms with van der Waals surface area (Å²) in [6.07, 6.45) is 4.51. The van der Waals surface area contributed by atoms with Crippen molar-refractivity contribution in [3.63, 3.8) is 0 Å². The third-order valence-electron chi connectivity index (χ3n) is 6.19. The Labute approximate surface area is 236 Å². The smallest absolute Gasteiger partial charge is 0.343 e. The molecule has 12 nitrogen and oxygen atoms in total. The van der Waals surface area contributed by atoms with Crippen molar-refractivity contribution in [3.8, 4) is 34.5 Å². The lowest BCUT2D eigenvalue weighted by Gasteiger charge is -2.17. The molecule has 2 aromatic heterocycles. The van der Waals surface area contributed by atoms with E-state index in [4.69, 9.17) is 8.83 Å². The molecule has 0 fully saturated rings. The molecule has 0 amide bonds. The second kappa shape index (κ2) is 12.1. The second-order valence-electron chi connectivity index (χ2n) is 9.12. The maximum atomic E-state index is 13.0. The predicted molar refractivity (Wildman–Crippen MR) is 149 cm³/mol. The van der Waals surface area contributed by atoms with Crippen LogP contribution in [0.1, 0.15) is 52.5 Å². The fraction of sp³-hybridized carbons (Fsp3) is 0.100. The van der Waals surface area contributed by atoms with Crippen molar-refractivity contribution in [3.05, 3.63) is 103 Å². The molecule has 0 atom stereocenters. The summed E-state index contributed by atoms with van der Waals surface area (Å²) >= 11 is 0. The highest BCUT2D eigenvalue weighted by Gasteiger charge is 2.30. The van der Waals surface area contributed by atoms with Crippen LogP contribution in [0.3, 0.4) is 0 Å². The summed E-state index contributed by atoms with van der Waals surface area (Å²) < 4.78 is 10.5. The van der Waals surface area contributed by atoms with Gasteiger partial charge in [0.1, 0.15) is 23.0 Å². The first kappa shape index (κ1) is 29.1. The molecule has 0 aliphatic rings. The van der Waals surface area contributed by atoms with E-state index in [2.05, 4.69) is 0 Å². The van der Waals surface area contributed by atoms with Crippen molar-refractivity contribution in [2.45, 2.75) is 18.8 Å². The van der Waals surface area contributed by atoms with Crippen LogP contribution in [0.25, 0.3) is 24.3 Å². The molecule has 2 heterocycles. The normalized spacial score (nSPS) is 11.5. The van der Waals surface area contributed by atoms with Crippen LogP contribution >= 0.6 is 0 Å². The number of phenols is 4. The summed E-state index contributed by atoms with van der Waals surface area (Å²) in [4.78, 5) is 37.3. The summed E-state index contributed by atoms with van der Waals surface area (Å²) in [6, 6.07) is 10.0. The highest BCUT2D eigenvalue weighted by atomic mass is 16.4. The monoisotopic (exact) mass is 576 g/mol. The van der Waals surface area contributed by atoms with Gasteiger partial charge >= 0.3 is 17.2 Å². The number of carboxylic acid groups (broad SMARTS) is 1. The number of hydrogen-bond acceptors (Lipinski definition) is 11. The highest BCUT2D eigenvalue weighted by molar-refractivity contribution is 5.71. The van der Waals surface area contributed by atoms with Crippen LogP contribution in [-0.4, -0.2) is 41.7 Å². The van der Waals surface area contributed by atoms with Crippen molar-refractivity contribution >= 4 is 30.3 Å². The summed E-state index contributed by atoms with van der Waals surface area (Å²) in [5, 5.41) is 68.9. The van der Waals surface area contributed by atoms with Crippen LogP contribution in [-0.2, 0) is 4.79 Å². The number of carbonyl (C=O) groups is 1. The van der Waals surface area contributed by atoms with Gasteiger partial charge in [-0.05, 0) is 54.0 Å². The fourth-order valence-electron chi connectivity index (χ4n) is 4.17. The van der Waals surface area contributed by atoms with Crippen molar-refractivity contribution < 1.29 is 49.4 Å². The predicted octanol–water partition coefficient (Wildman–Crippen LogP) is 4.16. The Morgan fingerprint density at radius 2 is 1.05 bits per heavy atom. The van der Waals surface area contributed by atoms with Gasteiger partial charge < -0.3 is 44.6 Å². The minimum atomic E-state index is -1.42. The standard InChI is InChI=1S/C30H24O12/c31-20-8-3-15(11-22(20)33)1-5-17-13-24(35)27(29(39)41-17)19(7-10-26(37)38)28-25(36)14-18(42-30(28)40)6-2-16-4-9-21(32)23(34)12-16/h1-6,8-9,11-14,19,31-36H,7,10H2,(H,37,38)/b5-1+,6-2+. The Bertz CT molecular complexity index is 1700. The number of phenolic OH excluding ortho intramolecular Hbond substituents is 4. The van der Waals surface area contributed by atoms with Gasteiger partial charge in [-0.3, -0.25) is 4.79 Å². The molecular formula is C30H24O12. The number of hydrogen-bond donors (Lipinski definition) is 7. The average molecular weight is 577 g/mol. The number of aliphatic carboxylic acids is 1. The minimum Gasteiger partial charge on any atom is -0.507 e. The zero-order chi connectivity index (χ0) is 30.6. The Kier molecular flexibility index (Phi) is 8.37. The fourth-order valence-corrected chi connectivity index (χ4v) is 4.17. The van der Waals surface area contributed by atoms with Gasteiger partial charge in [0, 0.05) is 24.5 Å². The largest absolute Gasteiger partial charge is 0.507 e. The van der Waals surface area contributed by atoms with Gasteiger partial charge in [-0.25, -0.2) is 9.59 Å². The molecule has 216 valence electrons. The summed E-state index contributed by atoms with van der Waals surface area (Å²) in [6.45, 7) is 0. The van der Waals surface area contributed by atoms with Crippen LogP contribution < -0.4 is 11.3 Å². The van der Waals surface area contributed by atoms with Crippen molar-refractivity contribution in [1.29, 1.82) is 0 Å². The lowest BCUT2D eigenvalue weighted by molar-refractivity contribution is -0.137. The zero-order valence-electron chi connectivity index (χ0n) is 21.6. The number of rotatable bonds is 9. The molecule has 0 aliphatic carbocycles. The maximum absolute atomic E-state index is 13.0. The van der Waals surface area contributed by atoms with Crippen molar-refractivity contribution in [1.82, 2.24) is 0 Å². The molecule has 4 aromatic rings. The Morgan fingerprint density at radius 1 is 0.619 bits per heavy atom. The van der Waals surface area contributed by atoms with E-state index in [9.17, 15) is 50.1 Å². The number of carboxylic acids is 1. The van der Waals surface area contributed by atoms with E-state index in [1.165, 1.54) is 60.7 Å². The molecule has 12 heteroatoms. The summed E-state index contributed by atoms with van der Waals surface area (Å²) in [5.74, 6) is -5.62. The van der Waals surface area contributed by atoms with Crippen LogP contribution in [0.15, 0.2) is 67.0 Å². The van der Waals surface area contributed by atoms with Crippen LogP contribution in [0.4, 0.5) is 0 Å². The van der Waals surface area contributed by atoms with Crippen LogP contribution in [0, 0.1) is 0 Å². The molecule has 0 saturated carbocycles. The van der Waals surface area contributed by atoms with Gasteiger partial charge in [-0.2, -0.15) is 0 Å². The quantitative estimate of drug-likeness (QED) is 0.140. The summed E-state index contributed by atoms with van der Waals surface area (Å²) in [7, 11) is 0.